The van der Waals surface area contributed by atoms with Gasteiger partial charge in [0.05, 0.1) is 29.6 Å². The van der Waals surface area contributed by atoms with E-state index < -0.39 is 43.8 Å². The number of nitro benzene ring substituents is 1. The van der Waals surface area contributed by atoms with Gasteiger partial charge in [-0.15, -0.1) is 0 Å². The summed E-state index contributed by atoms with van der Waals surface area (Å²) in [5, 5.41) is 27.4. The second kappa shape index (κ2) is 12.6. The number of amides is 1. The minimum atomic E-state index is -4.24. The van der Waals surface area contributed by atoms with Crippen molar-refractivity contribution in [3.8, 4) is 22.6 Å². The Balaban J connectivity index is 1.69. The third kappa shape index (κ3) is 5.78. The van der Waals surface area contributed by atoms with Crippen molar-refractivity contribution in [3.63, 3.8) is 0 Å². The molecular weight excluding hydrogens is 566 g/mol. The maximum Gasteiger partial charge on any atom is 0.326 e. The molecule has 1 saturated heterocycles. The zero-order valence-corrected chi connectivity index (χ0v) is 23.8. The molecule has 1 fully saturated rings. The fourth-order valence-corrected chi connectivity index (χ4v) is 7.13. The summed E-state index contributed by atoms with van der Waals surface area (Å²) in [5.74, 6) is -1.62. The molecule has 4 rings (SSSR count). The molecule has 2 atom stereocenters. The van der Waals surface area contributed by atoms with Crippen molar-refractivity contribution in [2.75, 3.05) is 27.3 Å². The summed E-state index contributed by atoms with van der Waals surface area (Å²) in [6, 6.07) is 15.1. The third-order valence-corrected chi connectivity index (χ3v) is 9.81. The van der Waals surface area contributed by atoms with E-state index in [0.717, 1.165) is 0 Å². The predicted molar refractivity (Wildman–Crippen MR) is 153 cm³/mol. The molecule has 1 unspecified atom stereocenters. The molecule has 3 aromatic carbocycles. The molecule has 13 heteroatoms. The summed E-state index contributed by atoms with van der Waals surface area (Å²) in [4.78, 5) is 37.4. The minimum Gasteiger partial charge on any atom is -0.496 e. The van der Waals surface area contributed by atoms with E-state index >= 15 is 0 Å². The molecule has 12 nitrogen and oxygen atoms in total. The Kier molecular flexibility index (Phi) is 9.12. The lowest BCUT2D eigenvalue weighted by Gasteiger charge is -2.36. The first-order chi connectivity index (χ1) is 20.1. The first kappa shape index (κ1) is 30.5. The van der Waals surface area contributed by atoms with Crippen LogP contribution in [0.4, 0.5) is 5.69 Å². The second-order valence-corrected chi connectivity index (χ2v) is 12.1. The van der Waals surface area contributed by atoms with Crippen molar-refractivity contribution in [2.24, 2.45) is 0 Å². The molecule has 0 bridgehead atoms. The highest BCUT2D eigenvalue weighted by Gasteiger charge is 2.52. The smallest absolute Gasteiger partial charge is 0.326 e. The number of ether oxygens (including phenoxy) is 2. The van der Waals surface area contributed by atoms with Crippen LogP contribution in [0, 0.1) is 10.1 Å². The summed E-state index contributed by atoms with van der Waals surface area (Å²) in [6.45, 7) is 0.287. The Morgan fingerprint density at radius 3 is 2.29 bits per heavy atom. The van der Waals surface area contributed by atoms with Gasteiger partial charge in [-0.05, 0) is 49.2 Å². The SMILES string of the molecule is COc1cccc(OC)c1-c1ccc(C[C@H](NC(=O)C2(S(=O)(=O)c3ccccc3)CCCNC2)C(=O)O)c([N+](=O)[O-])c1. The third-order valence-electron chi connectivity index (χ3n) is 7.35. The van der Waals surface area contributed by atoms with Gasteiger partial charge in [0.1, 0.15) is 17.5 Å². The van der Waals surface area contributed by atoms with Crippen LogP contribution in [0.5, 0.6) is 11.5 Å². The minimum absolute atomic E-state index is 0.0228. The summed E-state index contributed by atoms with van der Waals surface area (Å²) in [5.41, 5.74) is 0.522. The summed E-state index contributed by atoms with van der Waals surface area (Å²) < 4.78 is 36.3. The number of carboxylic acid groups (broad SMARTS) is 1. The standard InChI is InChI=1S/C29H31N3O9S/c1-40-24-10-6-11-25(41-2)26(24)20-13-12-19(23(17-20)32(36)37)16-22(27(33)34)31-28(35)29(14-7-15-30-18-29)42(38,39)21-8-4-3-5-9-21/h3-6,8-13,17,22,30H,7,14-16,18H2,1-2H3,(H,31,35)(H,33,34)/t22-,29?/m0/s1. The van der Waals surface area contributed by atoms with Gasteiger partial charge < -0.3 is 25.2 Å². The molecule has 3 N–H and O–H groups in total. The Labute approximate surface area is 242 Å². The van der Waals surface area contributed by atoms with E-state index in [1.165, 1.54) is 50.6 Å². The molecule has 0 aliphatic carbocycles. The fraction of sp³-hybridized carbons (Fsp3) is 0.310. The zero-order chi connectivity index (χ0) is 30.5. The van der Waals surface area contributed by atoms with Crippen molar-refractivity contribution >= 4 is 27.4 Å². The first-order valence-electron chi connectivity index (χ1n) is 13.1. The Morgan fingerprint density at radius 1 is 1.07 bits per heavy atom. The van der Waals surface area contributed by atoms with Crippen LogP contribution >= 0.6 is 0 Å². The number of carboxylic acids is 1. The number of benzene rings is 3. The van der Waals surface area contributed by atoms with E-state index in [-0.39, 0.29) is 29.1 Å². The number of aliphatic carboxylic acids is 1. The molecule has 1 heterocycles. The van der Waals surface area contributed by atoms with E-state index in [9.17, 15) is 33.2 Å². The van der Waals surface area contributed by atoms with Gasteiger partial charge in [-0.1, -0.05) is 36.4 Å². The van der Waals surface area contributed by atoms with Crippen LogP contribution in [0.3, 0.4) is 0 Å². The number of nitrogens with zero attached hydrogens (tertiary/aromatic N) is 1. The van der Waals surface area contributed by atoms with Crippen molar-refractivity contribution in [1.29, 1.82) is 0 Å². The lowest BCUT2D eigenvalue weighted by atomic mass is 9.95. The first-order valence-corrected chi connectivity index (χ1v) is 14.6. The summed E-state index contributed by atoms with van der Waals surface area (Å²) in [6.07, 6.45) is -0.114. The quantitative estimate of drug-likeness (QED) is 0.220. The maximum absolute atomic E-state index is 13.7. The van der Waals surface area contributed by atoms with Crippen LogP contribution < -0.4 is 20.1 Å². The van der Waals surface area contributed by atoms with Gasteiger partial charge in [0.15, 0.2) is 14.6 Å². The number of methoxy groups -OCH3 is 2. The molecule has 1 aliphatic heterocycles. The maximum atomic E-state index is 13.7. The number of hydrogen-bond donors (Lipinski definition) is 3. The molecule has 0 radical (unpaired) electrons. The van der Waals surface area contributed by atoms with Gasteiger partial charge in [0, 0.05) is 24.6 Å². The van der Waals surface area contributed by atoms with E-state index in [1.54, 1.807) is 30.3 Å². The topological polar surface area (TPSA) is 174 Å². The molecular formula is C29H31N3O9S. The molecule has 1 amide bonds. The molecule has 3 aromatic rings. The van der Waals surface area contributed by atoms with E-state index in [2.05, 4.69) is 10.6 Å². The molecule has 42 heavy (non-hydrogen) atoms. The number of carbonyl (C=O) groups is 2. The van der Waals surface area contributed by atoms with Crippen LogP contribution in [0.25, 0.3) is 11.1 Å². The van der Waals surface area contributed by atoms with Gasteiger partial charge in [-0.3, -0.25) is 14.9 Å². The normalized spacial score (nSPS) is 17.6. The van der Waals surface area contributed by atoms with Gasteiger partial charge in [0.2, 0.25) is 5.91 Å². The van der Waals surface area contributed by atoms with Crippen molar-refractivity contribution < 1.29 is 37.5 Å². The van der Waals surface area contributed by atoms with Crippen LogP contribution in [0.2, 0.25) is 0 Å². The van der Waals surface area contributed by atoms with Crippen LogP contribution in [0.1, 0.15) is 18.4 Å². The van der Waals surface area contributed by atoms with E-state index in [4.69, 9.17) is 9.47 Å². The highest BCUT2D eigenvalue weighted by Crippen LogP contribution is 2.40. The van der Waals surface area contributed by atoms with Crippen LogP contribution in [-0.2, 0) is 25.8 Å². The predicted octanol–water partition coefficient (Wildman–Crippen LogP) is 2.99. The number of rotatable bonds is 11. The lowest BCUT2D eigenvalue weighted by Crippen LogP contribution is -2.62. The van der Waals surface area contributed by atoms with Crippen molar-refractivity contribution in [3.05, 3.63) is 82.4 Å². The van der Waals surface area contributed by atoms with Crippen LogP contribution in [0.15, 0.2) is 71.6 Å². The van der Waals surface area contributed by atoms with E-state index in [1.807, 2.05) is 0 Å². The van der Waals surface area contributed by atoms with Gasteiger partial charge in [-0.2, -0.15) is 0 Å². The van der Waals surface area contributed by atoms with Crippen LogP contribution in [-0.4, -0.2) is 68.4 Å². The summed E-state index contributed by atoms with van der Waals surface area (Å²) in [7, 11) is -1.33. The number of hydrogen-bond acceptors (Lipinski definition) is 9. The monoisotopic (exact) mass is 597 g/mol. The van der Waals surface area contributed by atoms with Gasteiger partial charge in [-0.25, -0.2) is 13.2 Å². The molecule has 1 aliphatic rings. The lowest BCUT2D eigenvalue weighted by molar-refractivity contribution is -0.385. The molecule has 0 saturated carbocycles. The number of sulfone groups is 1. The average Bonchev–Trinajstić information content (AvgIpc) is 3.00. The Hall–Kier alpha value is -4.49. The largest absolute Gasteiger partial charge is 0.496 e. The highest BCUT2D eigenvalue weighted by molar-refractivity contribution is 7.93. The van der Waals surface area contributed by atoms with Gasteiger partial charge >= 0.3 is 5.97 Å². The Morgan fingerprint density at radius 2 is 1.74 bits per heavy atom. The molecule has 222 valence electrons. The number of piperidine rings is 1. The number of carbonyl (C=O) groups excluding carboxylic acids is 1. The highest BCUT2D eigenvalue weighted by atomic mass is 32.2. The second-order valence-electron chi connectivity index (χ2n) is 9.80. The number of nitro groups is 1. The number of nitrogens with one attached hydrogen (secondary N) is 2. The fourth-order valence-electron chi connectivity index (χ4n) is 5.16. The molecule has 0 spiro atoms. The summed E-state index contributed by atoms with van der Waals surface area (Å²) >= 11 is 0. The zero-order valence-electron chi connectivity index (χ0n) is 23.0. The Bertz CT molecular complexity index is 1560. The van der Waals surface area contributed by atoms with E-state index in [0.29, 0.717) is 35.6 Å². The van der Waals surface area contributed by atoms with Gasteiger partial charge in [0.25, 0.3) is 5.69 Å². The molecule has 0 aromatic heterocycles. The van der Waals surface area contributed by atoms with Crippen molar-refractivity contribution in [2.45, 2.75) is 34.9 Å². The van der Waals surface area contributed by atoms with Crippen molar-refractivity contribution in [1.82, 2.24) is 10.6 Å². The average molecular weight is 598 g/mol.